The normalized spacial score (nSPS) is 11.6. The van der Waals surface area contributed by atoms with Crippen molar-refractivity contribution in [1.29, 1.82) is 0 Å². The van der Waals surface area contributed by atoms with Crippen LogP contribution in [0.3, 0.4) is 0 Å². The van der Waals surface area contributed by atoms with Crippen LogP contribution in [0.1, 0.15) is 11.3 Å². The van der Waals surface area contributed by atoms with Crippen LogP contribution in [0.5, 0.6) is 0 Å². The third-order valence-corrected chi connectivity index (χ3v) is 4.65. The first-order valence-electron chi connectivity index (χ1n) is 8.84. The van der Waals surface area contributed by atoms with Gasteiger partial charge in [0.25, 0.3) is 0 Å². The second-order valence-electron chi connectivity index (χ2n) is 6.64. The van der Waals surface area contributed by atoms with Gasteiger partial charge in [-0.2, -0.15) is 5.10 Å². The smallest absolute Gasteiger partial charge is 0.221 e. The highest BCUT2D eigenvalue weighted by atomic mass is 16.5. The van der Waals surface area contributed by atoms with Gasteiger partial charge in [0.1, 0.15) is 0 Å². The lowest BCUT2D eigenvalue weighted by Crippen LogP contribution is -2.05. The van der Waals surface area contributed by atoms with Gasteiger partial charge in [-0.05, 0) is 23.8 Å². The molecule has 5 aromatic rings. The molecule has 0 N–H and O–H groups in total. The zero-order valence-electron chi connectivity index (χ0n) is 15.5. The van der Waals surface area contributed by atoms with Gasteiger partial charge in [0, 0.05) is 43.3 Å². The topological polar surface area (TPSA) is 88.0 Å². The molecule has 0 radical (unpaired) electrons. The van der Waals surface area contributed by atoms with Crippen molar-refractivity contribution >= 4 is 16.8 Å². The van der Waals surface area contributed by atoms with Crippen molar-refractivity contribution < 1.29 is 4.74 Å². The summed E-state index contributed by atoms with van der Waals surface area (Å²) < 4.78 is 10.9. The number of pyridine rings is 1. The van der Waals surface area contributed by atoms with Crippen molar-refractivity contribution in [1.82, 2.24) is 39.1 Å². The molecule has 0 spiro atoms. The predicted octanol–water partition coefficient (Wildman–Crippen LogP) is 2.07. The molecule has 140 valence electrons. The number of aromatic nitrogens is 8. The molecule has 9 nitrogen and oxygen atoms in total. The third kappa shape index (κ3) is 2.81. The van der Waals surface area contributed by atoms with Crippen LogP contribution >= 0.6 is 0 Å². The summed E-state index contributed by atoms with van der Waals surface area (Å²) in [6, 6.07) is 8.31. The fourth-order valence-corrected chi connectivity index (χ4v) is 3.29. The number of nitrogens with zero attached hydrogens (tertiary/aromatic N) is 8. The molecular formula is C19H18N8O. The average molecular weight is 374 g/mol. The molecule has 5 aromatic heterocycles. The molecule has 0 fully saturated rings. The van der Waals surface area contributed by atoms with E-state index >= 15 is 0 Å². The lowest BCUT2D eigenvalue weighted by Gasteiger charge is -2.07. The van der Waals surface area contributed by atoms with Crippen LogP contribution in [0, 0.1) is 0 Å². The minimum Gasteiger partial charge on any atom is -0.378 e. The number of rotatable bonds is 5. The maximum absolute atomic E-state index is 5.28. The van der Waals surface area contributed by atoms with E-state index in [1.165, 1.54) is 0 Å². The molecule has 0 unspecified atom stereocenters. The van der Waals surface area contributed by atoms with Crippen LogP contribution < -0.4 is 0 Å². The van der Waals surface area contributed by atoms with Crippen molar-refractivity contribution in [2.45, 2.75) is 13.2 Å². The Balaban J connectivity index is 1.52. The number of hydrogen-bond donors (Lipinski definition) is 0. The first-order chi connectivity index (χ1) is 13.7. The molecule has 0 saturated carbocycles. The van der Waals surface area contributed by atoms with Gasteiger partial charge in [-0.3, -0.25) is 4.68 Å². The maximum Gasteiger partial charge on any atom is 0.221 e. The molecule has 9 heteroatoms. The van der Waals surface area contributed by atoms with Gasteiger partial charge < -0.3 is 9.14 Å². The van der Waals surface area contributed by atoms with Crippen LogP contribution in [-0.2, 0) is 24.9 Å². The molecule has 0 aliphatic rings. The van der Waals surface area contributed by atoms with E-state index in [1.54, 1.807) is 28.9 Å². The Morgan fingerprint density at radius 2 is 1.96 bits per heavy atom. The molecular weight excluding hydrogens is 356 g/mol. The number of hydrogen-bond acceptors (Lipinski definition) is 6. The van der Waals surface area contributed by atoms with Crippen molar-refractivity contribution in [2.75, 3.05) is 7.11 Å². The Kier molecular flexibility index (Phi) is 3.87. The molecule has 0 aliphatic carbocycles. The lowest BCUT2D eigenvalue weighted by molar-refractivity contribution is 0.181. The van der Waals surface area contributed by atoms with Gasteiger partial charge in [-0.25, -0.2) is 14.6 Å². The highest BCUT2D eigenvalue weighted by molar-refractivity contribution is 5.69. The van der Waals surface area contributed by atoms with E-state index in [1.807, 2.05) is 13.2 Å². The highest BCUT2D eigenvalue weighted by Gasteiger charge is 2.12. The Morgan fingerprint density at radius 1 is 1.07 bits per heavy atom. The molecule has 0 atom stereocenters. The molecule has 0 bridgehead atoms. The molecule has 5 heterocycles. The monoisotopic (exact) mass is 374 g/mol. The Morgan fingerprint density at radius 3 is 2.79 bits per heavy atom. The van der Waals surface area contributed by atoms with Crippen LogP contribution in [0.25, 0.3) is 28.1 Å². The van der Waals surface area contributed by atoms with E-state index in [2.05, 4.69) is 55.3 Å². The maximum atomic E-state index is 5.28. The third-order valence-electron chi connectivity index (χ3n) is 4.65. The van der Waals surface area contributed by atoms with Crippen molar-refractivity contribution in [2.24, 2.45) is 7.05 Å². The zero-order valence-corrected chi connectivity index (χ0v) is 15.5. The summed E-state index contributed by atoms with van der Waals surface area (Å²) in [5, 5.41) is 12.6. The van der Waals surface area contributed by atoms with Gasteiger partial charge in [-0.15, -0.1) is 5.10 Å². The summed E-state index contributed by atoms with van der Waals surface area (Å²) in [6.07, 6.45) is 7.46. The summed E-state index contributed by atoms with van der Waals surface area (Å²) >= 11 is 0. The number of aryl methyl sites for hydroxylation is 1. The van der Waals surface area contributed by atoms with E-state index < -0.39 is 0 Å². The summed E-state index contributed by atoms with van der Waals surface area (Å²) in [5.74, 6) is 0. The summed E-state index contributed by atoms with van der Waals surface area (Å²) in [7, 11) is 3.57. The molecule has 28 heavy (non-hydrogen) atoms. The summed E-state index contributed by atoms with van der Waals surface area (Å²) in [5.41, 5.74) is 6.12. The van der Waals surface area contributed by atoms with Crippen LogP contribution in [0.15, 0.2) is 49.1 Å². The van der Waals surface area contributed by atoms with Crippen molar-refractivity contribution in [3.05, 3.63) is 60.3 Å². The van der Waals surface area contributed by atoms with Gasteiger partial charge >= 0.3 is 0 Å². The fraction of sp³-hybridized carbons (Fsp3) is 0.211. The van der Waals surface area contributed by atoms with Gasteiger partial charge in [0.2, 0.25) is 5.65 Å². The largest absolute Gasteiger partial charge is 0.378 e. The second kappa shape index (κ2) is 6.54. The summed E-state index contributed by atoms with van der Waals surface area (Å²) in [4.78, 5) is 9.10. The minimum atomic E-state index is 0.523. The van der Waals surface area contributed by atoms with Crippen molar-refractivity contribution in [3.8, 4) is 11.3 Å². The molecule has 0 amide bonds. The van der Waals surface area contributed by atoms with Gasteiger partial charge in [-0.1, -0.05) is 11.3 Å². The SMILES string of the molecule is COCc1ccc2ccc(Cn3nnc4ncc(-c5cnn(C)c5)nc43)cn12. The summed E-state index contributed by atoms with van der Waals surface area (Å²) in [6.45, 7) is 1.10. The molecule has 0 saturated heterocycles. The lowest BCUT2D eigenvalue weighted by atomic mass is 10.2. The van der Waals surface area contributed by atoms with E-state index in [0.717, 1.165) is 28.0 Å². The number of fused-ring (bicyclic) bond motifs is 2. The van der Waals surface area contributed by atoms with E-state index in [9.17, 15) is 0 Å². The van der Waals surface area contributed by atoms with E-state index in [4.69, 9.17) is 9.72 Å². The van der Waals surface area contributed by atoms with Gasteiger partial charge in [0.15, 0.2) is 5.65 Å². The Labute approximate surface area is 160 Å². The van der Waals surface area contributed by atoms with E-state index in [-0.39, 0.29) is 0 Å². The molecule has 0 aromatic carbocycles. The van der Waals surface area contributed by atoms with Crippen LogP contribution in [0.2, 0.25) is 0 Å². The van der Waals surface area contributed by atoms with E-state index in [0.29, 0.717) is 24.4 Å². The minimum absolute atomic E-state index is 0.523. The van der Waals surface area contributed by atoms with Crippen LogP contribution in [-0.4, -0.2) is 46.3 Å². The fourth-order valence-electron chi connectivity index (χ4n) is 3.29. The average Bonchev–Trinajstić information content (AvgIpc) is 3.41. The Bertz CT molecular complexity index is 1280. The van der Waals surface area contributed by atoms with Gasteiger partial charge in [0.05, 0.1) is 31.2 Å². The highest BCUT2D eigenvalue weighted by Crippen LogP contribution is 2.18. The number of ether oxygens (including phenoxy) is 1. The second-order valence-corrected chi connectivity index (χ2v) is 6.64. The predicted molar refractivity (Wildman–Crippen MR) is 103 cm³/mol. The quantitative estimate of drug-likeness (QED) is 0.468. The standard InChI is InChI=1S/C19H18N8O/c1-25-11-14(7-21-25)17-8-20-18-19(22-17)27(24-23-18)10-13-3-4-15-5-6-16(12-28-2)26(15)9-13/h3-9,11H,10,12H2,1-2H3. The zero-order chi connectivity index (χ0) is 19.1. The molecule has 0 aliphatic heterocycles. The molecule has 5 rings (SSSR count). The first-order valence-corrected chi connectivity index (χ1v) is 8.84. The Hall–Kier alpha value is -3.59. The van der Waals surface area contributed by atoms with Crippen molar-refractivity contribution in [3.63, 3.8) is 0 Å². The first kappa shape index (κ1) is 16.6. The van der Waals surface area contributed by atoms with Crippen LogP contribution in [0.4, 0.5) is 0 Å². The number of methoxy groups -OCH3 is 1.